The Morgan fingerprint density at radius 2 is 1.88 bits per heavy atom. The van der Waals surface area contributed by atoms with Crippen molar-refractivity contribution in [3.05, 3.63) is 99.4 Å². The van der Waals surface area contributed by atoms with Gasteiger partial charge in [-0.25, -0.2) is 0 Å². The molecule has 1 saturated heterocycles. The van der Waals surface area contributed by atoms with Gasteiger partial charge in [0.25, 0.3) is 5.91 Å². The number of carbonyl (C=O) groups is 1. The number of furan rings is 1. The number of hydrogen-bond donors (Lipinski definition) is 0. The zero-order valence-electron chi connectivity index (χ0n) is 18.0. The van der Waals surface area contributed by atoms with Gasteiger partial charge in [-0.2, -0.15) is 0 Å². The standard InChI is InChI=1S/C26H21ClN2O2S2/c1-2-17-8-5-10-21-19(15-28(24(17)21)14-18-7-3-4-11-22(18)27)13-23-25(30)29(26(32)33-23)16-20-9-6-12-31-20/h3-13,15H,2,14,16H2,1H3/b23-13-. The monoisotopic (exact) mass is 492 g/mol. The molecule has 0 N–H and O–H groups in total. The lowest BCUT2D eigenvalue weighted by Crippen LogP contribution is -2.27. The Balaban J connectivity index is 1.55. The number of fused-ring (bicyclic) bond motifs is 1. The zero-order chi connectivity index (χ0) is 22.9. The van der Waals surface area contributed by atoms with E-state index in [4.69, 9.17) is 28.2 Å². The first-order chi connectivity index (χ1) is 16.0. The average Bonchev–Trinajstić information content (AvgIpc) is 3.52. The number of halogens is 1. The third-order valence-corrected chi connectivity index (χ3v) is 7.49. The van der Waals surface area contributed by atoms with Gasteiger partial charge in [0.05, 0.1) is 23.2 Å². The van der Waals surface area contributed by atoms with Crippen molar-refractivity contribution in [1.29, 1.82) is 0 Å². The molecule has 166 valence electrons. The van der Waals surface area contributed by atoms with Crippen LogP contribution in [0.1, 0.15) is 29.4 Å². The van der Waals surface area contributed by atoms with Crippen LogP contribution in [0.15, 0.2) is 76.4 Å². The van der Waals surface area contributed by atoms with Gasteiger partial charge in [-0.15, -0.1) is 0 Å². The van der Waals surface area contributed by atoms with Crippen molar-refractivity contribution in [1.82, 2.24) is 9.47 Å². The Bertz CT molecular complexity index is 1390. The molecule has 5 rings (SSSR count). The number of aryl methyl sites for hydroxylation is 1. The second kappa shape index (κ2) is 9.21. The van der Waals surface area contributed by atoms with Crippen LogP contribution >= 0.6 is 35.6 Å². The Hall–Kier alpha value is -2.80. The maximum absolute atomic E-state index is 13.1. The molecule has 3 heterocycles. The molecule has 1 amide bonds. The number of rotatable bonds is 6. The highest BCUT2D eigenvalue weighted by Gasteiger charge is 2.33. The zero-order valence-corrected chi connectivity index (χ0v) is 20.3. The lowest BCUT2D eigenvalue weighted by atomic mass is 10.1. The molecular weight excluding hydrogens is 472 g/mol. The first-order valence-corrected chi connectivity index (χ1v) is 12.3. The molecule has 4 nitrogen and oxygen atoms in total. The van der Waals surface area contributed by atoms with Crippen LogP contribution in [0.2, 0.25) is 5.02 Å². The quantitative estimate of drug-likeness (QED) is 0.217. The molecule has 1 fully saturated rings. The van der Waals surface area contributed by atoms with Gasteiger partial charge in [0.2, 0.25) is 0 Å². The predicted octanol–water partition coefficient (Wildman–Crippen LogP) is 6.90. The molecule has 4 aromatic rings. The van der Waals surface area contributed by atoms with Crippen molar-refractivity contribution in [3.8, 4) is 0 Å². The van der Waals surface area contributed by atoms with Gasteiger partial charge in [-0.05, 0) is 41.8 Å². The van der Waals surface area contributed by atoms with E-state index < -0.39 is 0 Å². The predicted molar refractivity (Wildman–Crippen MR) is 139 cm³/mol. The van der Waals surface area contributed by atoms with E-state index >= 15 is 0 Å². The normalized spacial score (nSPS) is 15.3. The molecule has 2 aromatic carbocycles. The molecule has 0 bridgehead atoms. The minimum Gasteiger partial charge on any atom is -0.467 e. The van der Waals surface area contributed by atoms with Crippen molar-refractivity contribution < 1.29 is 9.21 Å². The molecule has 2 aromatic heterocycles. The average molecular weight is 493 g/mol. The van der Waals surface area contributed by atoms with Gasteiger partial charge < -0.3 is 8.98 Å². The van der Waals surface area contributed by atoms with Crippen molar-refractivity contribution in [2.45, 2.75) is 26.4 Å². The van der Waals surface area contributed by atoms with E-state index in [0.29, 0.717) is 28.1 Å². The first-order valence-electron chi connectivity index (χ1n) is 10.7. The van der Waals surface area contributed by atoms with E-state index in [1.165, 1.54) is 17.3 Å². The van der Waals surface area contributed by atoms with E-state index in [2.05, 4.69) is 35.9 Å². The number of amides is 1. The van der Waals surface area contributed by atoms with Crippen LogP contribution in [0.3, 0.4) is 0 Å². The second-order valence-corrected chi connectivity index (χ2v) is 9.90. The lowest BCUT2D eigenvalue weighted by molar-refractivity contribution is -0.122. The molecule has 0 saturated carbocycles. The Labute approximate surface area is 206 Å². The number of para-hydroxylation sites is 1. The van der Waals surface area contributed by atoms with E-state index in [1.54, 1.807) is 11.2 Å². The third-order valence-electron chi connectivity index (χ3n) is 5.75. The number of thioether (sulfide) groups is 1. The molecular formula is C26H21ClN2O2S2. The molecule has 7 heteroatoms. The molecule has 0 unspecified atom stereocenters. The van der Waals surface area contributed by atoms with Gasteiger partial charge in [0.1, 0.15) is 10.1 Å². The molecule has 1 aliphatic rings. The minimum absolute atomic E-state index is 0.0972. The molecule has 0 radical (unpaired) electrons. The lowest BCUT2D eigenvalue weighted by Gasteiger charge is -2.11. The van der Waals surface area contributed by atoms with Crippen LogP contribution in [-0.4, -0.2) is 19.7 Å². The highest BCUT2D eigenvalue weighted by Crippen LogP contribution is 2.36. The fourth-order valence-corrected chi connectivity index (χ4v) is 5.58. The van der Waals surface area contributed by atoms with Gasteiger partial charge in [0, 0.05) is 28.7 Å². The summed E-state index contributed by atoms with van der Waals surface area (Å²) in [5.41, 5.74) is 4.46. The summed E-state index contributed by atoms with van der Waals surface area (Å²) < 4.78 is 8.17. The summed E-state index contributed by atoms with van der Waals surface area (Å²) in [6, 6.07) is 17.9. The maximum Gasteiger partial charge on any atom is 0.266 e. The van der Waals surface area contributed by atoms with Crippen molar-refractivity contribution in [3.63, 3.8) is 0 Å². The van der Waals surface area contributed by atoms with Crippen LogP contribution in [0.5, 0.6) is 0 Å². The number of benzene rings is 2. The van der Waals surface area contributed by atoms with E-state index in [9.17, 15) is 4.79 Å². The van der Waals surface area contributed by atoms with E-state index in [-0.39, 0.29) is 5.91 Å². The van der Waals surface area contributed by atoms with Crippen LogP contribution in [0, 0.1) is 0 Å². The molecule has 33 heavy (non-hydrogen) atoms. The van der Waals surface area contributed by atoms with E-state index in [1.807, 2.05) is 42.5 Å². The summed E-state index contributed by atoms with van der Waals surface area (Å²) in [7, 11) is 0. The molecule has 1 aliphatic heterocycles. The minimum atomic E-state index is -0.0972. The van der Waals surface area contributed by atoms with Gasteiger partial charge >= 0.3 is 0 Å². The van der Waals surface area contributed by atoms with Gasteiger partial charge in [-0.1, -0.05) is 78.9 Å². The SMILES string of the molecule is CCc1cccc2c(/C=C3\SC(=S)N(Cc4ccco4)C3=O)cn(Cc3ccccc3Cl)c12. The largest absolute Gasteiger partial charge is 0.467 e. The topological polar surface area (TPSA) is 38.4 Å². The van der Waals surface area contributed by atoms with Crippen LogP contribution in [0.4, 0.5) is 0 Å². The molecule has 0 spiro atoms. The smallest absolute Gasteiger partial charge is 0.266 e. The summed E-state index contributed by atoms with van der Waals surface area (Å²) in [6.07, 6.45) is 6.56. The summed E-state index contributed by atoms with van der Waals surface area (Å²) in [5, 5.41) is 1.85. The first kappa shape index (κ1) is 22.0. The van der Waals surface area contributed by atoms with Crippen molar-refractivity contribution in [2.75, 3.05) is 0 Å². The summed E-state index contributed by atoms with van der Waals surface area (Å²) >= 11 is 13.3. The number of hydrogen-bond acceptors (Lipinski definition) is 4. The number of nitrogens with zero attached hydrogens (tertiary/aromatic N) is 2. The highest BCUT2D eigenvalue weighted by atomic mass is 35.5. The maximum atomic E-state index is 13.1. The van der Waals surface area contributed by atoms with Crippen LogP contribution in [-0.2, 0) is 24.3 Å². The highest BCUT2D eigenvalue weighted by molar-refractivity contribution is 8.26. The van der Waals surface area contributed by atoms with E-state index in [0.717, 1.165) is 33.5 Å². The third kappa shape index (κ3) is 4.26. The Morgan fingerprint density at radius 3 is 2.64 bits per heavy atom. The van der Waals surface area contributed by atoms with Gasteiger partial charge in [-0.3, -0.25) is 9.69 Å². The van der Waals surface area contributed by atoms with Crippen molar-refractivity contribution >= 4 is 62.8 Å². The van der Waals surface area contributed by atoms with Crippen molar-refractivity contribution in [2.24, 2.45) is 0 Å². The van der Waals surface area contributed by atoms with Crippen LogP contribution < -0.4 is 0 Å². The fraction of sp³-hybridized carbons (Fsp3) is 0.154. The Kier molecular flexibility index (Phi) is 6.15. The van der Waals surface area contributed by atoms with Crippen LogP contribution in [0.25, 0.3) is 17.0 Å². The summed E-state index contributed by atoms with van der Waals surface area (Å²) in [6.45, 7) is 3.14. The Morgan fingerprint density at radius 1 is 1.06 bits per heavy atom. The second-order valence-electron chi connectivity index (χ2n) is 7.82. The molecule has 0 aliphatic carbocycles. The summed E-state index contributed by atoms with van der Waals surface area (Å²) in [4.78, 5) is 15.3. The molecule has 0 atom stereocenters. The fourth-order valence-electron chi connectivity index (χ4n) is 4.14. The summed E-state index contributed by atoms with van der Waals surface area (Å²) in [5.74, 6) is 0.608. The van der Waals surface area contributed by atoms with Gasteiger partial charge in [0.15, 0.2) is 0 Å². The number of aromatic nitrogens is 1. The number of thiocarbonyl (C=S) groups is 1. The number of carbonyl (C=O) groups excluding carboxylic acids is 1.